The molecule has 2 aromatic carbocycles. The SMILES string of the molecule is O=c1sc2ccc(Cl)cc2cc1S(=O)(=O)Cc1ccc(Cl)c([N+](=O)[O-])c1. The van der Waals surface area contributed by atoms with Gasteiger partial charge in [0.15, 0.2) is 9.84 Å². The first-order chi connectivity index (χ1) is 12.2. The van der Waals surface area contributed by atoms with Crippen LogP contribution in [0.2, 0.25) is 10.0 Å². The Kier molecular flexibility index (Phi) is 5.03. The molecule has 0 radical (unpaired) electrons. The summed E-state index contributed by atoms with van der Waals surface area (Å²) in [4.78, 5) is 22.2. The molecule has 0 spiro atoms. The van der Waals surface area contributed by atoms with Gasteiger partial charge in [-0.1, -0.05) is 40.6 Å². The molecular weight excluding hydrogens is 421 g/mol. The molecule has 0 aliphatic carbocycles. The number of sulfone groups is 1. The van der Waals surface area contributed by atoms with Crippen molar-refractivity contribution >= 4 is 60.1 Å². The molecule has 0 saturated heterocycles. The fourth-order valence-electron chi connectivity index (χ4n) is 2.38. The number of fused-ring (bicyclic) bond motifs is 1. The summed E-state index contributed by atoms with van der Waals surface area (Å²) in [7, 11) is -4.01. The summed E-state index contributed by atoms with van der Waals surface area (Å²) >= 11 is 12.5. The molecule has 0 N–H and O–H groups in total. The van der Waals surface area contributed by atoms with Gasteiger partial charge in [0.1, 0.15) is 9.92 Å². The Morgan fingerprint density at radius 3 is 2.50 bits per heavy atom. The number of nitrogens with zero attached hydrogens (tertiary/aromatic N) is 1. The number of hydrogen-bond acceptors (Lipinski definition) is 6. The number of benzene rings is 2. The first-order valence-corrected chi connectivity index (χ1v) is 10.3. The van der Waals surface area contributed by atoms with E-state index >= 15 is 0 Å². The average Bonchev–Trinajstić information content (AvgIpc) is 2.55. The van der Waals surface area contributed by atoms with E-state index in [0.717, 1.165) is 17.4 Å². The minimum atomic E-state index is -4.01. The van der Waals surface area contributed by atoms with Gasteiger partial charge in [-0.2, -0.15) is 0 Å². The molecular formula is C16H9Cl2NO5S2. The van der Waals surface area contributed by atoms with Crippen LogP contribution in [0.3, 0.4) is 0 Å². The van der Waals surface area contributed by atoms with Crippen LogP contribution in [0.1, 0.15) is 5.56 Å². The van der Waals surface area contributed by atoms with E-state index in [-0.39, 0.29) is 15.5 Å². The molecule has 0 aliphatic rings. The molecule has 0 amide bonds. The summed E-state index contributed by atoms with van der Waals surface area (Å²) in [6.07, 6.45) is 0. The van der Waals surface area contributed by atoms with Crippen LogP contribution in [0.15, 0.2) is 52.2 Å². The highest BCUT2D eigenvalue weighted by atomic mass is 35.5. The largest absolute Gasteiger partial charge is 0.288 e. The van der Waals surface area contributed by atoms with Crippen LogP contribution in [0.5, 0.6) is 0 Å². The number of rotatable bonds is 4. The van der Waals surface area contributed by atoms with E-state index in [9.17, 15) is 23.3 Å². The molecule has 10 heteroatoms. The van der Waals surface area contributed by atoms with Gasteiger partial charge in [-0.05, 0) is 41.3 Å². The molecule has 1 heterocycles. The van der Waals surface area contributed by atoms with Crippen LogP contribution < -0.4 is 4.74 Å². The highest BCUT2D eigenvalue weighted by molar-refractivity contribution is 7.90. The second-order valence-electron chi connectivity index (χ2n) is 5.38. The molecule has 6 nitrogen and oxygen atoms in total. The third-order valence-corrected chi connectivity index (χ3v) is 6.93. The van der Waals surface area contributed by atoms with Gasteiger partial charge in [-0.15, -0.1) is 0 Å². The van der Waals surface area contributed by atoms with E-state index in [4.69, 9.17) is 23.2 Å². The summed E-state index contributed by atoms with van der Waals surface area (Å²) < 4.78 is 25.4. The van der Waals surface area contributed by atoms with Crippen LogP contribution in [-0.4, -0.2) is 13.3 Å². The van der Waals surface area contributed by atoms with Gasteiger partial charge in [0, 0.05) is 15.8 Å². The normalized spacial score (nSPS) is 11.6. The lowest BCUT2D eigenvalue weighted by Gasteiger charge is -2.06. The lowest BCUT2D eigenvalue weighted by molar-refractivity contribution is -0.384. The van der Waals surface area contributed by atoms with Crippen molar-refractivity contribution in [3.63, 3.8) is 0 Å². The number of halogens is 2. The predicted octanol–water partition coefficient (Wildman–Crippen LogP) is 4.45. The van der Waals surface area contributed by atoms with Crippen molar-refractivity contribution in [2.45, 2.75) is 10.6 Å². The Bertz CT molecular complexity index is 1200. The van der Waals surface area contributed by atoms with Crippen LogP contribution in [0.4, 0.5) is 5.69 Å². The summed E-state index contributed by atoms with van der Waals surface area (Å²) in [6.45, 7) is 0. The molecule has 3 rings (SSSR count). The van der Waals surface area contributed by atoms with Crippen molar-refractivity contribution in [3.8, 4) is 0 Å². The van der Waals surface area contributed by atoms with Crippen LogP contribution in [0.25, 0.3) is 10.1 Å². The third kappa shape index (κ3) is 3.73. The lowest BCUT2D eigenvalue weighted by Crippen LogP contribution is -2.14. The maximum atomic E-state index is 12.7. The van der Waals surface area contributed by atoms with Gasteiger partial charge >= 0.3 is 0 Å². The van der Waals surface area contributed by atoms with Crippen molar-refractivity contribution in [2.24, 2.45) is 0 Å². The summed E-state index contributed by atoms with van der Waals surface area (Å²) in [5, 5.41) is 11.8. The maximum Gasteiger partial charge on any atom is 0.288 e. The van der Waals surface area contributed by atoms with Crippen LogP contribution in [-0.2, 0) is 15.6 Å². The smallest absolute Gasteiger partial charge is 0.276 e. The van der Waals surface area contributed by atoms with E-state index < -0.39 is 30.9 Å². The molecule has 26 heavy (non-hydrogen) atoms. The van der Waals surface area contributed by atoms with Crippen molar-refractivity contribution < 1.29 is 13.3 Å². The first-order valence-electron chi connectivity index (χ1n) is 7.06. The summed E-state index contributed by atoms with van der Waals surface area (Å²) in [5.74, 6) is -0.557. The van der Waals surface area contributed by atoms with Crippen molar-refractivity contribution in [2.75, 3.05) is 0 Å². The molecule has 0 fully saturated rings. The van der Waals surface area contributed by atoms with Crippen LogP contribution in [0, 0.1) is 10.1 Å². The second kappa shape index (κ2) is 6.96. The third-order valence-electron chi connectivity index (χ3n) is 3.56. The Hall–Kier alpha value is -2.00. The average molecular weight is 430 g/mol. The Morgan fingerprint density at radius 2 is 1.81 bits per heavy atom. The topological polar surface area (TPSA) is 94.3 Å². The Balaban J connectivity index is 2.07. The van der Waals surface area contributed by atoms with E-state index in [1.165, 1.54) is 18.2 Å². The Morgan fingerprint density at radius 1 is 1.08 bits per heavy atom. The predicted molar refractivity (Wildman–Crippen MR) is 102 cm³/mol. The van der Waals surface area contributed by atoms with E-state index in [1.54, 1.807) is 18.2 Å². The molecule has 0 saturated carbocycles. The molecule has 0 unspecified atom stereocenters. The van der Waals surface area contributed by atoms with E-state index in [0.29, 0.717) is 15.1 Å². The van der Waals surface area contributed by atoms with E-state index in [1.807, 2.05) is 0 Å². The number of nitro benzene ring substituents is 1. The van der Waals surface area contributed by atoms with Crippen molar-refractivity contribution in [1.82, 2.24) is 0 Å². The zero-order valence-corrected chi connectivity index (χ0v) is 16.0. The molecule has 0 aliphatic heterocycles. The highest BCUT2D eigenvalue weighted by Gasteiger charge is 2.22. The second-order valence-corrected chi connectivity index (χ2v) is 9.20. The highest BCUT2D eigenvalue weighted by Crippen LogP contribution is 2.28. The molecule has 0 bridgehead atoms. The van der Waals surface area contributed by atoms with Gasteiger partial charge in [-0.25, -0.2) is 8.42 Å². The fourth-order valence-corrected chi connectivity index (χ4v) is 5.32. The number of hydrogen-bond donors (Lipinski definition) is 0. The molecule has 3 aromatic rings. The zero-order chi connectivity index (χ0) is 19.1. The van der Waals surface area contributed by atoms with Crippen LogP contribution >= 0.6 is 34.5 Å². The summed E-state index contributed by atoms with van der Waals surface area (Å²) in [6, 6.07) is 9.82. The quantitative estimate of drug-likeness (QED) is 0.450. The first kappa shape index (κ1) is 18.8. The standard InChI is InChI=1S/C16H9Cl2NO5S2/c17-11-2-4-14-10(6-11)7-15(16(20)25-14)26(23,24)8-9-1-3-12(18)13(5-9)19(21)22/h1-7H,8H2. The van der Waals surface area contributed by atoms with Gasteiger partial charge in [0.25, 0.3) is 10.4 Å². The zero-order valence-electron chi connectivity index (χ0n) is 12.8. The number of nitro groups is 1. The molecule has 134 valence electrons. The minimum absolute atomic E-state index is 0.0942. The monoisotopic (exact) mass is 429 g/mol. The fraction of sp³-hybridized carbons (Fsp3) is 0.0625. The van der Waals surface area contributed by atoms with Gasteiger partial charge in [-0.3, -0.25) is 14.9 Å². The molecule has 1 aromatic heterocycles. The van der Waals surface area contributed by atoms with Crippen molar-refractivity contribution in [1.29, 1.82) is 0 Å². The van der Waals surface area contributed by atoms with Crippen molar-refractivity contribution in [3.05, 3.63) is 77.7 Å². The molecule has 0 atom stereocenters. The van der Waals surface area contributed by atoms with Gasteiger partial charge in [0.05, 0.1) is 10.7 Å². The lowest BCUT2D eigenvalue weighted by atomic mass is 10.2. The van der Waals surface area contributed by atoms with E-state index in [2.05, 4.69) is 0 Å². The summed E-state index contributed by atoms with van der Waals surface area (Å²) in [5.41, 5.74) is -0.230. The van der Waals surface area contributed by atoms with Gasteiger partial charge < -0.3 is 0 Å². The Labute approximate surface area is 161 Å². The maximum absolute atomic E-state index is 12.7. The minimum Gasteiger partial charge on any atom is -0.276 e. The van der Waals surface area contributed by atoms with Gasteiger partial charge in [0.2, 0.25) is 0 Å².